The molecule has 0 saturated heterocycles. The van der Waals surface area contributed by atoms with Crippen LogP contribution in [0.2, 0.25) is 0 Å². The highest BCUT2D eigenvalue weighted by Crippen LogP contribution is 2.28. The number of rotatable bonds is 4. The topological polar surface area (TPSA) is 58.2 Å². The maximum atomic E-state index is 11.6. The van der Waals surface area contributed by atoms with Gasteiger partial charge in [-0.2, -0.15) is 0 Å². The van der Waals surface area contributed by atoms with Crippen LogP contribution < -0.4 is 21.5 Å². The van der Waals surface area contributed by atoms with Crippen molar-refractivity contribution >= 4 is 39.7 Å². The number of hydrogen-bond acceptors (Lipinski definition) is 4. The van der Waals surface area contributed by atoms with Gasteiger partial charge in [0.1, 0.15) is 11.4 Å². The van der Waals surface area contributed by atoms with E-state index in [9.17, 15) is 9.59 Å². The van der Waals surface area contributed by atoms with Gasteiger partial charge in [0, 0.05) is 15.3 Å². The predicted octanol–water partition coefficient (Wildman–Crippen LogP) is 2.21. The molecule has 0 unspecified atom stereocenters. The van der Waals surface area contributed by atoms with E-state index in [1.807, 2.05) is 24.3 Å². The van der Waals surface area contributed by atoms with Crippen LogP contribution in [0.3, 0.4) is 0 Å². The zero-order chi connectivity index (χ0) is 12.7. The number of halogens is 1. The second-order valence-corrected chi connectivity index (χ2v) is 5.71. The van der Waals surface area contributed by atoms with Gasteiger partial charge in [0.05, 0.1) is 0 Å². The van der Waals surface area contributed by atoms with Crippen molar-refractivity contribution < 1.29 is 0 Å². The summed E-state index contributed by atoms with van der Waals surface area (Å²) >= 11 is 2.20. The molecule has 4 nitrogen and oxygen atoms in total. The lowest BCUT2D eigenvalue weighted by Gasteiger charge is -2.14. The third kappa shape index (κ3) is 2.14. The van der Waals surface area contributed by atoms with Crippen LogP contribution in [0.5, 0.6) is 0 Å². The van der Waals surface area contributed by atoms with E-state index < -0.39 is 10.9 Å². The summed E-state index contributed by atoms with van der Waals surface area (Å²) in [6.07, 6.45) is 2.14. The van der Waals surface area contributed by atoms with Gasteiger partial charge in [-0.25, -0.2) is 0 Å². The average molecular weight is 354 g/mol. The molecule has 2 aromatic rings. The largest absolute Gasteiger partial charge is 0.377 e. The monoisotopic (exact) mass is 354 g/mol. The van der Waals surface area contributed by atoms with Crippen LogP contribution in [0.1, 0.15) is 12.8 Å². The predicted molar refractivity (Wildman–Crippen MR) is 80.4 cm³/mol. The van der Waals surface area contributed by atoms with E-state index in [1.165, 1.54) is 0 Å². The molecule has 1 fully saturated rings. The SMILES string of the molecule is O=c1c(Nc2cccc(I)c2)c(NC2CC2)c1=O. The Morgan fingerprint density at radius 1 is 1.11 bits per heavy atom. The first kappa shape index (κ1) is 11.7. The highest BCUT2D eigenvalue weighted by molar-refractivity contribution is 14.1. The van der Waals surface area contributed by atoms with Crippen LogP contribution in [0.25, 0.3) is 0 Å². The molecule has 1 saturated carbocycles. The van der Waals surface area contributed by atoms with Crippen molar-refractivity contribution in [1.29, 1.82) is 0 Å². The van der Waals surface area contributed by atoms with E-state index in [2.05, 4.69) is 33.2 Å². The molecule has 2 aromatic carbocycles. The van der Waals surface area contributed by atoms with Crippen molar-refractivity contribution in [2.45, 2.75) is 18.9 Å². The van der Waals surface area contributed by atoms with Crippen molar-refractivity contribution in [2.24, 2.45) is 0 Å². The first-order valence-corrected chi connectivity index (χ1v) is 6.85. The first-order chi connectivity index (χ1) is 8.65. The quantitative estimate of drug-likeness (QED) is 0.653. The van der Waals surface area contributed by atoms with Gasteiger partial charge in [-0.3, -0.25) is 9.59 Å². The summed E-state index contributed by atoms with van der Waals surface area (Å²) in [5, 5.41) is 6.12. The van der Waals surface area contributed by atoms with Crippen LogP contribution in [0.4, 0.5) is 17.1 Å². The van der Waals surface area contributed by atoms with Gasteiger partial charge in [-0.1, -0.05) is 6.07 Å². The van der Waals surface area contributed by atoms with Gasteiger partial charge in [0.25, 0.3) is 10.9 Å². The Balaban J connectivity index is 1.86. The molecule has 1 aliphatic rings. The fourth-order valence-corrected chi connectivity index (χ4v) is 2.33. The minimum absolute atomic E-state index is 0.366. The van der Waals surface area contributed by atoms with Crippen LogP contribution >= 0.6 is 22.6 Å². The summed E-state index contributed by atoms with van der Waals surface area (Å²) < 4.78 is 1.08. The lowest BCUT2D eigenvalue weighted by Crippen LogP contribution is -2.37. The van der Waals surface area contributed by atoms with Crippen LogP contribution in [-0.2, 0) is 0 Å². The van der Waals surface area contributed by atoms with Gasteiger partial charge in [-0.05, 0) is 53.6 Å². The third-order valence-electron chi connectivity index (χ3n) is 2.93. The van der Waals surface area contributed by atoms with Crippen LogP contribution in [0.15, 0.2) is 33.9 Å². The minimum atomic E-state index is -0.433. The Kier molecular flexibility index (Phi) is 2.85. The zero-order valence-corrected chi connectivity index (χ0v) is 11.7. The molecule has 0 amide bonds. The van der Waals surface area contributed by atoms with Gasteiger partial charge in [0.2, 0.25) is 0 Å². The molecule has 3 rings (SSSR count). The molecule has 0 atom stereocenters. The highest BCUT2D eigenvalue weighted by atomic mass is 127. The van der Waals surface area contributed by atoms with Crippen molar-refractivity contribution in [3.8, 4) is 0 Å². The van der Waals surface area contributed by atoms with Crippen LogP contribution in [-0.4, -0.2) is 6.04 Å². The van der Waals surface area contributed by atoms with Crippen molar-refractivity contribution in [3.05, 3.63) is 48.3 Å². The second kappa shape index (κ2) is 4.38. The average Bonchev–Trinajstić information content (AvgIpc) is 3.17. The molecule has 1 aliphatic carbocycles. The van der Waals surface area contributed by atoms with Crippen molar-refractivity contribution in [3.63, 3.8) is 0 Å². The molecule has 18 heavy (non-hydrogen) atoms. The fourth-order valence-electron chi connectivity index (χ4n) is 1.79. The second-order valence-electron chi connectivity index (χ2n) is 4.46. The number of benzene rings is 1. The minimum Gasteiger partial charge on any atom is -0.377 e. The van der Waals surface area contributed by atoms with E-state index in [-0.39, 0.29) is 0 Å². The van der Waals surface area contributed by atoms with Gasteiger partial charge in [-0.15, -0.1) is 0 Å². The summed E-state index contributed by atoms with van der Waals surface area (Å²) in [4.78, 5) is 23.0. The molecular formula is C13H11IN2O2. The molecule has 0 aliphatic heterocycles. The molecule has 2 N–H and O–H groups in total. The smallest absolute Gasteiger partial charge is 0.253 e. The van der Waals surface area contributed by atoms with E-state index in [0.29, 0.717) is 17.4 Å². The Hall–Kier alpha value is -1.37. The van der Waals surface area contributed by atoms with E-state index in [4.69, 9.17) is 0 Å². The molecule has 92 valence electrons. The molecule has 5 heteroatoms. The Morgan fingerprint density at radius 2 is 1.83 bits per heavy atom. The summed E-state index contributed by atoms with van der Waals surface area (Å²) in [6.45, 7) is 0. The number of nitrogens with one attached hydrogen (secondary N) is 2. The maximum Gasteiger partial charge on any atom is 0.253 e. The fraction of sp³-hybridized carbons (Fsp3) is 0.231. The van der Waals surface area contributed by atoms with Crippen LogP contribution in [0, 0.1) is 3.57 Å². The van der Waals surface area contributed by atoms with Gasteiger partial charge in [0.15, 0.2) is 0 Å². The molecule has 0 spiro atoms. The Bertz CT molecular complexity index is 670. The number of anilines is 3. The third-order valence-corrected chi connectivity index (χ3v) is 3.60. The Labute approximate surface area is 117 Å². The standard InChI is InChI=1S/C13H11IN2O2/c14-7-2-1-3-9(6-7)16-11-10(12(17)13(11)18)15-8-4-5-8/h1-3,6,8,15-16H,4-5H2. The van der Waals surface area contributed by atoms with E-state index >= 15 is 0 Å². The molecule has 0 radical (unpaired) electrons. The van der Waals surface area contributed by atoms with Gasteiger partial charge >= 0.3 is 0 Å². The van der Waals surface area contributed by atoms with E-state index in [1.54, 1.807) is 0 Å². The molecular weight excluding hydrogens is 343 g/mol. The normalized spacial score (nSPS) is 14.7. The lowest BCUT2D eigenvalue weighted by molar-refractivity contribution is 1.13. The van der Waals surface area contributed by atoms with Gasteiger partial charge < -0.3 is 10.6 Å². The zero-order valence-electron chi connectivity index (χ0n) is 9.50. The maximum absolute atomic E-state index is 11.6. The van der Waals surface area contributed by atoms with Crippen molar-refractivity contribution in [1.82, 2.24) is 0 Å². The summed E-state index contributed by atoms with van der Waals surface area (Å²) in [6, 6.07) is 8.05. The Morgan fingerprint density at radius 3 is 2.50 bits per heavy atom. The molecule has 0 aromatic heterocycles. The summed E-state index contributed by atoms with van der Waals surface area (Å²) in [7, 11) is 0. The van der Waals surface area contributed by atoms with E-state index in [0.717, 1.165) is 22.1 Å². The number of hydrogen-bond donors (Lipinski definition) is 2. The van der Waals surface area contributed by atoms with Crippen molar-refractivity contribution in [2.75, 3.05) is 10.6 Å². The first-order valence-electron chi connectivity index (χ1n) is 5.77. The molecule has 0 bridgehead atoms. The molecule has 0 heterocycles. The summed E-state index contributed by atoms with van der Waals surface area (Å²) in [5.74, 6) is 0. The summed E-state index contributed by atoms with van der Waals surface area (Å²) in [5.41, 5.74) is 0.829. The highest BCUT2D eigenvalue weighted by Gasteiger charge is 2.28. The lowest BCUT2D eigenvalue weighted by atomic mass is 10.1.